The summed E-state index contributed by atoms with van der Waals surface area (Å²) in [5.41, 5.74) is 8.16. The molecule has 0 saturated carbocycles. The minimum atomic E-state index is -0.456. The standard InChI is InChI=1S/C18H31NO2/c1-6-13(10-15(20)12-19)16-11-14(18(3,4)5)8-9-17(16)21-7-2/h8-9,11,13,15,20H,6-7,10,12,19H2,1-5H3. The van der Waals surface area contributed by atoms with Crippen LogP contribution in [0.25, 0.3) is 0 Å². The summed E-state index contributed by atoms with van der Waals surface area (Å²) < 4.78 is 5.79. The summed E-state index contributed by atoms with van der Waals surface area (Å²) in [6, 6.07) is 6.44. The highest BCUT2D eigenvalue weighted by Crippen LogP contribution is 2.36. The summed E-state index contributed by atoms with van der Waals surface area (Å²) in [7, 11) is 0. The monoisotopic (exact) mass is 293 g/mol. The number of rotatable bonds is 7. The first-order valence-corrected chi connectivity index (χ1v) is 7.98. The molecule has 2 atom stereocenters. The molecule has 0 spiro atoms. The predicted octanol–water partition coefficient (Wildman–Crippen LogP) is 3.59. The maximum absolute atomic E-state index is 9.90. The summed E-state index contributed by atoms with van der Waals surface area (Å²) >= 11 is 0. The van der Waals surface area contributed by atoms with Crippen LogP contribution < -0.4 is 10.5 Å². The smallest absolute Gasteiger partial charge is 0.122 e. The van der Waals surface area contributed by atoms with Crippen molar-refractivity contribution in [2.45, 2.75) is 64.9 Å². The fourth-order valence-corrected chi connectivity index (χ4v) is 2.56. The lowest BCUT2D eigenvalue weighted by atomic mass is 9.82. The normalized spacial score (nSPS) is 14.8. The van der Waals surface area contributed by atoms with Crippen LogP contribution in [0.2, 0.25) is 0 Å². The molecular formula is C18H31NO2. The Kier molecular flexibility index (Phi) is 6.69. The topological polar surface area (TPSA) is 55.5 Å². The lowest BCUT2D eigenvalue weighted by molar-refractivity contribution is 0.161. The van der Waals surface area contributed by atoms with Gasteiger partial charge in [0.05, 0.1) is 12.7 Å². The Labute approximate surface area is 129 Å². The van der Waals surface area contributed by atoms with Crippen molar-refractivity contribution in [3.8, 4) is 5.75 Å². The first-order chi connectivity index (χ1) is 9.83. The minimum absolute atomic E-state index is 0.101. The van der Waals surface area contributed by atoms with Crippen molar-refractivity contribution in [2.24, 2.45) is 5.73 Å². The Morgan fingerprint density at radius 2 is 1.90 bits per heavy atom. The number of nitrogens with two attached hydrogens (primary N) is 1. The Bertz CT molecular complexity index is 437. The molecule has 1 rings (SSSR count). The second-order valence-electron chi connectivity index (χ2n) is 6.67. The van der Waals surface area contributed by atoms with Crippen molar-refractivity contribution in [2.75, 3.05) is 13.2 Å². The van der Waals surface area contributed by atoms with Gasteiger partial charge in [-0.05, 0) is 48.3 Å². The molecule has 0 radical (unpaired) electrons. The van der Waals surface area contributed by atoms with E-state index in [1.54, 1.807) is 0 Å². The average Bonchev–Trinajstić information content (AvgIpc) is 2.44. The van der Waals surface area contributed by atoms with Crippen LogP contribution in [0.4, 0.5) is 0 Å². The van der Waals surface area contributed by atoms with Crippen molar-refractivity contribution in [3.05, 3.63) is 29.3 Å². The van der Waals surface area contributed by atoms with Gasteiger partial charge in [0.2, 0.25) is 0 Å². The van der Waals surface area contributed by atoms with Gasteiger partial charge in [-0.25, -0.2) is 0 Å². The zero-order chi connectivity index (χ0) is 16.0. The Balaban J connectivity index is 3.19. The second kappa shape index (κ2) is 7.81. The molecule has 1 aromatic carbocycles. The Hall–Kier alpha value is -1.06. The number of benzene rings is 1. The fraction of sp³-hybridized carbons (Fsp3) is 0.667. The Morgan fingerprint density at radius 1 is 1.24 bits per heavy atom. The number of ether oxygens (including phenoxy) is 1. The summed E-state index contributed by atoms with van der Waals surface area (Å²) in [6.45, 7) is 11.7. The highest BCUT2D eigenvalue weighted by molar-refractivity contribution is 5.42. The van der Waals surface area contributed by atoms with Crippen LogP contribution in [0.3, 0.4) is 0 Å². The van der Waals surface area contributed by atoms with Gasteiger partial charge in [-0.15, -0.1) is 0 Å². The number of aliphatic hydroxyl groups is 1. The third-order valence-electron chi connectivity index (χ3n) is 3.94. The molecule has 0 amide bonds. The van der Waals surface area contributed by atoms with Gasteiger partial charge in [-0.2, -0.15) is 0 Å². The number of hydrogen-bond donors (Lipinski definition) is 2. The van der Waals surface area contributed by atoms with E-state index in [0.717, 1.165) is 12.2 Å². The molecule has 3 nitrogen and oxygen atoms in total. The third kappa shape index (κ3) is 5.01. The second-order valence-corrected chi connectivity index (χ2v) is 6.67. The van der Waals surface area contributed by atoms with E-state index in [1.165, 1.54) is 11.1 Å². The van der Waals surface area contributed by atoms with Crippen LogP contribution in [-0.2, 0) is 5.41 Å². The summed E-state index contributed by atoms with van der Waals surface area (Å²) in [4.78, 5) is 0. The molecule has 120 valence electrons. The molecule has 0 aliphatic carbocycles. The van der Waals surface area contributed by atoms with E-state index >= 15 is 0 Å². The Morgan fingerprint density at radius 3 is 2.38 bits per heavy atom. The van der Waals surface area contributed by atoms with E-state index in [2.05, 4.69) is 45.9 Å². The first-order valence-electron chi connectivity index (χ1n) is 7.98. The summed E-state index contributed by atoms with van der Waals surface area (Å²) in [5, 5.41) is 9.90. The van der Waals surface area contributed by atoms with Crippen molar-refractivity contribution >= 4 is 0 Å². The van der Waals surface area contributed by atoms with E-state index in [1.807, 2.05) is 6.92 Å². The molecule has 0 aliphatic rings. The highest BCUT2D eigenvalue weighted by Gasteiger charge is 2.21. The molecule has 21 heavy (non-hydrogen) atoms. The number of hydrogen-bond acceptors (Lipinski definition) is 3. The SMILES string of the molecule is CCOc1ccc(C(C)(C)C)cc1C(CC)CC(O)CN. The van der Waals surface area contributed by atoms with Crippen LogP contribution in [-0.4, -0.2) is 24.4 Å². The molecule has 0 aromatic heterocycles. The van der Waals surface area contributed by atoms with Gasteiger partial charge in [-0.3, -0.25) is 0 Å². The van der Waals surface area contributed by atoms with Gasteiger partial charge >= 0.3 is 0 Å². The molecule has 0 fully saturated rings. The van der Waals surface area contributed by atoms with Crippen LogP contribution in [0.1, 0.15) is 64.5 Å². The zero-order valence-corrected chi connectivity index (χ0v) is 14.1. The lowest BCUT2D eigenvalue weighted by Crippen LogP contribution is -2.22. The molecule has 0 heterocycles. The van der Waals surface area contributed by atoms with Crippen LogP contribution in [0.15, 0.2) is 18.2 Å². The molecule has 3 N–H and O–H groups in total. The van der Waals surface area contributed by atoms with Gasteiger partial charge in [-0.1, -0.05) is 39.8 Å². The average molecular weight is 293 g/mol. The van der Waals surface area contributed by atoms with E-state index in [4.69, 9.17) is 10.5 Å². The van der Waals surface area contributed by atoms with E-state index in [9.17, 15) is 5.11 Å². The van der Waals surface area contributed by atoms with Crippen molar-refractivity contribution in [3.63, 3.8) is 0 Å². The molecule has 0 aliphatic heterocycles. The summed E-state index contributed by atoms with van der Waals surface area (Å²) in [6.07, 6.45) is 1.19. The quantitative estimate of drug-likeness (QED) is 0.808. The van der Waals surface area contributed by atoms with Gasteiger partial charge in [0.1, 0.15) is 5.75 Å². The van der Waals surface area contributed by atoms with E-state index < -0.39 is 6.10 Å². The van der Waals surface area contributed by atoms with Crippen molar-refractivity contribution < 1.29 is 9.84 Å². The van der Waals surface area contributed by atoms with Gasteiger partial charge in [0.15, 0.2) is 0 Å². The molecule has 0 saturated heterocycles. The predicted molar refractivity (Wildman–Crippen MR) is 89.0 cm³/mol. The van der Waals surface area contributed by atoms with E-state index in [-0.39, 0.29) is 11.3 Å². The fourth-order valence-electron chi connectivity index (χ4n) is 2.56. The zero-order valence-electron chi connectivity index (χ0n) is 14.1. The van der Waals surface area contributed by atoms with Crippen LogP contribution in [0.5, 0.6) is 5.75 Å². The molecule has 0 bridgehead atoms. The van der Waals surface area contributed by atoms with Crippen LogP contribution >= 0.6 is 0 Å². The molecule has 1 aromatic rings. The maximum atomic E-state index is 9.90. The van der Waals surface area contributed by atoms with Crippen molar-refractivity contribution in [1.29, 1.82) is 0 Å². The maximum Gasteiger partial charge on any atom is 0.122 e. The van der Waals surface area contributed by atoms with Gasteiger partial charge in [0, 0.05) is 6.54 Å². The largest absolute Gasteiger partial charge is 0.494 e. The van der Waals surface area contributed by atoms with Crippen molar-refractivity contribution in [1.82, 2.24) is 0 Å². The summed E-state index contributed by atoms with van der Waals surface area (Å²) in [5.74, 6) is 1.20. The van der Waals surface area contributed by atoms with Gasteiger partial charge < -0.3 is 15.6 Å². The third-order valence-corrected chi connectivity index (χ3v) is 3.94. The molecule has 3 heteroatoms. The number of aliphatic hydroxyl groups excluding tert-OH is 1. The van der Waals surface area contributed by atoms with Gasteiger partial charge in [0.25, 0.3) is 0 Å². The first kappa shape index (κ1) is 18.0. The molecule has 2 unspecified atom stereocenters. The minimum Gasteiger partial charge on any atom is -0.494 e. The van der Waals surface area contributed by atoms with Crippen LogP contribution in [0, 0.1) is 0 Å². The van der Waals surface area contributed by atoms with E-state index in [0.29, 0.717) is 19.6 Å². The molecular weight excluding hydrogens is 262 g/mol. The highest BCUT2D eigenvalue weighted by atomic mass is 16.5. The lowest BCUT2D eigenvalue weighted by Gasteiger charge is -2.25.